The summed E-state index contributed by atoms with van der Waals surface area (Å²) in [4.78, 5) is 19.7. The molecule has 1 aliphatic heterocycles. The molecule has 11 heteroatoms. The van der Waals surface area contributed by atoms with Gasteiger partial charge in [-0.1, -0.05) is 12.1 Å². The average Bonchev–Trinajstić information content (AvgIpc) is 3.47. The topological polar surface area (TPSA) is 122 Å². The van der Waals surface area contributed by atoms with Crippen LogP contribution in [0.2, 0.25) is 0 Å². The lowest BCUT2D eigenvalue weighted by atomic mass is 10.2. The van der Waals surface area contributed by atoms with Crippen molar-refractivity contribution in [3.63, 3.8) is 0 Å². The summed E-state index contributed by atoms with van der Waals surface area (Å²) in [5.74, 6) is 2.04. The minimum absolute atomic E-state index is 0.468. The number of hydrogen-bond acceptors (Lipinski definition) is 9. The van der Waals surface area contributed by atoms with E-state index >= 15 is 0 Å². The van der Waals surface area contributed by atoms with E-state index in [-0.39, 0.29) is 0 Å². The second-order valence-corrected chi connectivity index (χ2v) is 7.43. The first-order valence-corrected chi connectivity index (χ1v) is 10.4. The summed E-state index contributed by atoms with van der Waals surface area (Å²) < 4.78 is 7.20. The number of H-pyrrole nitrogens is 1. The highest BCUT2D eigenvalue weighted by Gasteiger charge is 2.20. The minimum atomic E-state index is 0.468. The number of benzene rings is 1. The van der Waals surface area contributed by atoms with Crippen LogP contribution in [-0.2, 0) is 11.3 Å². The maximum absolute atomic E-state index is 5.49. The molecule has 1 aliphatic rings. The number of para-hydroxylation sites is 2. The third-order valence-electron chi connectivity index (χ3n) is 5.40. The lowest BCUT2D eigenvalue weighted by Crippen LogP contribution is -2.37. The number of fused-ring (bicyclic) bond motifs is 2. The number of aromatic amines is 1. The van der Waals surface area contributed by atoms with Gasteiger partial charge in [0, 0.05) is 24.2 Å². The Kier molecular flexibility index (Phi) is 4.57. The van der Waals surface area contributed by atoms with E-state index in [2.05, 4.69) is 35.5 Å². The molecule has 1 saturated heterocycles. The van der Waals surface area contributed by atoms with Gasteiger partial charge in [0.1, 0.15) is 5.82 Å². The fourth-order valence-electron chi connectivity index (χ4n) is 3.79. The molecule has 5 heterocycles. The normalized spacial score (nSPS) is 14.3. The number of morpholine rings is 1. The Morgan fingerprint density at radius 3 is 2.75 bits per heavy atom. The van der Waals surface area contributed by atoms with Gasteiger partial charge in [0.05, 0.1) is 49.4 Å². The third-order valence-corrected chi connectivity index (χ3v) is 5.40. The van der Waals surface area contributed by atoms with E-state index in [1.807, 2.05) is 30.3 Å². The SMILES string of the molecule is c1ccc2[nH]c(CNc3nc(N4CCOCC4)nc4c(-c5ccnnc5)cnn34)nc2c1. The summed E-state index contributed by atoms with van der Waals surface area (Å²) in [5.41, 5.74) is 4.38. The van der Waals surface area contributed by atoms with Crippen LogP contribution in [0.3, 0.4) is 0 Å². The molecule has 0 aliphatic carbocycles. The molecular weight excluding hydrogens is 408 g/mol. The first-order chi connectivity index (χ1) is 15.8. The molecule has 0 amide bonds. The number of aromatic nitrogens is 8. The summed E-state index contributed by atoms with van der Waals surface area (Å²) in [6.45, 7) is 3.24. The van der Waals surface area contributed by atoms with E-state index < -0.39 is 0 Å². The van der Waals surface area contributed by atoms with Crippen LogP contribution in [0, 0.1) is 0 Å². The first kappa shape index (κ1) is 18.6. The molecule has 5 aromatic rings. The maximum Gasteiger partial charge on any atom is 0.230 e. The molecule has 1 fully saturated rings. The maximum atomic E-state index is 5.49. The van der Waals surface area contributed by atoms with E-state index in [4.69, 9.17) is 14.7 Å². The van der Waals surface area contributed by atoms with Crippen LogP contribution in [-0.4, -0.2) is 66.1 Å². The van der Waals surface area contributed by atoms with E-state index in [0.717, 1.165) is 41.1 Å². The Morgan fingerprint density at radius 2 is 1.91 bits per heavy atom. The molecule has 0 unspecified atom stereocenters. The molecule has 0 radical (unpaired) electrons. The summed E-state index contributed by atoms with van der Waals surface area (Å²) in [5, 5.41) is 15.8. The van der Waals surface area contributed by atoms with Crippen molar-refractivity contribution in [2.45, 2.75) is 6.54 Å². The lowest BCUT2D eigenvalue weighted by molar-refractivity contribution is 0.122. The van der Waals surface area contributed by atoms with E-state index in [1.165, 1.54) is 0 Å². The number of imidazole rings is 1. The van der Waals surface area contributed by atoms with Crippen molar-refractivity contribution >= 4 is 28.6 Å². The van der Waals surface area contributed by atoms with Gasteiger partial charge in [-0.3, -0.25) is 0 Å². The zero-order valence-corrected chi connectivity index (χ0v) is 17.1. The van der Waals surface area contributed by atoms with Crippen molar-refractivity contribution in [1.29, 1.82) is 0 Å². The summed E-state index contributed by atoms with van der Waals surface area (Å²) >= 11 is 0. The molecule has 0 saturated carbocycles. The van der Waals surface area contributed by atoms with Crippen molar-refractivity contribution in [3.05, 3.63) is 54.7 Å². The first-order valence-electron chi connectivity index (χ1n) is 10.4. The molecule has 6 rings (SSSR count). The molecule has 0 spiro atoms. The van der Waals surface area contributed by atoms with Crippen molar-refractivity contribution in [2.24, 2.45) is 0 Å². The number of nitrogens with zero attached hydrogens (tertiary/aromatic N) is 8. The van der Waals surface area contributed by atoms with Gasteiger partial charge >= 0.3 is 0 Å². The van der Waals surface area contributed by atoms with E-state index in [0.29, 0.717) is 37.3 Å². The highest BCUT2D eigenvalue weighted by molar-refractivity contribution is 5.78. The number of nitrogens with one attached hydrogen (secondary N) is 2. The van der Waals surface area contributed by atoms with E-state index in [1.54, 1.807) is 23.1 Å². The monoisotopic (exact) mass is 428 g/mol. The van der Waals surface area contributed by atoms with Crippen LogP contribution in [0.25, 0.3) is 27.8 Å². The fourth-order valence-corrected chi connectivity index (χ4v) is 3.79. The van der Waals surface area contributed by atoms with Gasteiger partial charge in [0.15, 0.2) is 5.65 Å². The van der Waals surface area contributed by atoms with Gasteiger partial charge in [-0.25, -0.2) is 4.98 Å². The number of hydrogen-bond donors (Lipinski definition) is 2. The van der Waals surface area contributed by atoms with Crippen molar-refractivity contribution in [1.82, 2.24) is 39.7 Å². The largest absolute Gasteiger partial charge is 0.378 e. The summed E-state index contributed by atoms with van der Waals surface area (Å²) in [6.07, 6.45) is 5.13. The van der Waals surface area contributed by atoms with Crippen molar-refractivity contribution < 1.29 is 4.74 Å². The van der Waals surface area contributed by atoms with Crippen LogP contribution in [0.4, 0.5) is 11.9 Å². The molecule has 0 bridgehead atoms. The molecule has 1 aromatic carbocycles. The quantitative estimate of drug-likeness (QED) is 0.432. The zero-order valence-electron chi connectivity index (χ0n) is 17.1. The average molecular weight is 428 g/mol. The van der Waals surface area contributed by atoms with Crippen LogP contribution >= 0.6 is 0 Å². The van der Waals surface area contributed by atoms with E-state index in [9.17, 15) is 0 Å². The highest BCUT2D eigenvalue weighted by Crippen LogP contribution is 2.26. The smallest absolute Gasteiger partial charge is 0.230 e. The van der Waals surface area contributed by atoms with Crippen LogP contribution < -0.4 is 10.2 Å². The highest BCUT2D eigenvalue weighted by atomic mass is 16.5. The van der Waals surface area contributed by atoms with Crippen molar-refractivity contribution in [3.8, 4) is 11.1 Å². The number of rotatable bonds is 5. The fraction of sp³-hybridized carbons (Fsp3) is 0.238. The molecule has 0 atom stereocenters. The molecule has 160 valence electrons. The van der Waals surface area contributed by atoms with Gasteiger partial charge in [0.2, 0.25) is 11.9 Å². The van der Waals surface area contributed by atoms with Gasteiger partial charge in [-0.2, -0.15) is 29.8 Å². The predicted octanol–water partition coefficient (Wildman–Crippen LogP) is 1.91. The predicted molar refractivity (Wildman–Crippen MR) is 118 cm³/mol. The third kappa shape index (κ3) is 3.38. The van der Waals surface area contributed by atoms with Gasteiger partial charge < -0.3 is 19.9 Å². The minimum Gasteiger partial charge on any atom is -0.378 e. The molecular formula is C21H20N10O. The lowest BCUT2D eigenvalue weighted by Gasteiger charge is -2.27. The Bertz CT molecular complexity index is 1340. The van der Waals surface area contributed by atoms with Gasteiger partial charge in [-0.05, 0) is 18.2 Å². The number of ether oxygens (including phenoxy) is 1. The Morgan fingerprint density at radius 1 is 1.00 bits per heavy atom. The summed E-state index contributed by atoms with van der Waals surface area (Å²) in [6, 6.07) is 9.84. The molecule has 4 aromatic heterocycles. The Hall–Kier alpha value is -4.12. The van der Waals surface area contributed by atoms with Gasteiger partial charge in [-0.15, -0.1) is 0 Å². The molecule has 11 nitrogen and oxygen atoms in total. The molecule has 32 heavy (non-hydrogen) atoms. The standard InChI is InChI=1S/C21H20N10O/c1-2-4-17-16(3-1)26-18(27-17)13-22-20-29-21(30-7-9-32-10-8-30)28-19-15(12-25-31(19)20)14-5-6-23-24-11-14/h1-6,11-12H,7-10,13H2,(H,26,27)(H,22,28,29). The van der Waals surface area contributed by atoms with Crippen LogP contribution in [0.15, 0.2) is 48.9 Å². The zero-order chi connectivity index (χ0) is 21.3. The van der Waals surface area contributed by atoms with Crippen LogP contribution in [0.5, 0.6) is 0 Å². The second kappa shape index (κ2) is 7.85. The van der Waals surface area contributed by atoms with Gasteiger partial charge in [0.25, 0.3) is 0 Å². The Balaban J connectivity index is 1.40. The van der Waals surface area contributed by atoms with Crippen LogP contribution in [0.1, 0.15) is 5.82 Å². The number of anilines is 2. The molecule has 2 N–H and O–H groups in total. The summed E-state index contributed by atoms with van der Waals surface area (Å²) in [7, 11) is 0. The Labute approximate surface area is 182 Å². The second-order valence-electron chi connectivity index (χ2n) is 7.43. The van der Waals surface area contributed by atoms with Crippen molar-refractivity contribution in [2.75, 3.05) is 36.5 Å².